The molecule has 3 heterocycles. The number of ether oxygens (including phenoxy) is 1. The van der Waals surface area contributed by atoms with Crippen molar-refractivity contribution in [3.63, 3.8) is 0 Å². The highest BCUT2D eigenvalue weighted by Crippen LogP contribution is 2.38. The molecule has 7 nitrogen and oxygen atoms in total. The van der Waals surface area contributed by atoms with Gasteiger partial charge in [-0.1, -0.05) is 18.0 Å². The molecule has 1 aliphatic heterocycles. The Morgan fingerprint density at radius 1 is 1.16 bits per heavy atom. The zero-order chi connectivity index (χ0) is 22.9. The van der Waals surface area contributed by atoms with Crippen LogP contribution in [0.1, 0.15) is 52.9 Å². The van der Waals surface area contributed by atoms with Crippen LogP contribution in [-0.2, 0) is 32.4 Å². The minimum Gasteiger partial charge on any atom is -0.465 e. The van der Waals surface area contributed by atoms with E-state index in [2.05, 4.69) is 5.32 Å². The highest BCUT2D eigenvalue weighted by molar-refractivity contribution is 7.91. The Morgan fingerprint density at radius 3 is 2.66 bits per heavy atom. The topological polar surface area (TPSA) is 92.8 Å². The van der Waals surface area contributed by atoms with Crippen molar-refractivity contribution in [2.45, 2.75) is 49.2 Å². The maximum Gasteiger partial charge on any atom is 0.341 e. The molecule has 0 bridgehead atoms. The molecular weight excluding hydrogens is 492 g/mol. The lowest BCUT2D eigenvalue weighted by molar-refractivity contribution is -0.120. The number of piperidine rings is 1. The van der Waals surface area contributed by atoms with E-state index in [1.54, 1.807) is 6.07 Å². The van der Waals surface area contributed by atoms with Gasteiger partial charge in [0.2, 0.25) is 5.91 Å². The van der Waals surface area contributed by atoms with Gasteiger partial charge in [-0.25, -0.2) is 13.2 Å². The second kappa shape index (κ2) is 9.80. The Kier molecular flexibility index (Phi) is 7.26. The summed E-state index contributed by atoms with van der Waals surface area (Å²) in [5, 5.41) is 3.44. The second-order valence-electron chi connectivity index (χ2n) is 8.01. The summed E-state index contributed by atoms with van der Waals surface area (Å²) >= 11 is 8.37. The lowest BCUT2D eigenvalue weighted by Gasteiger charge is -2.30. The molecule has 1 N–H and O–H groups in total. The van der Waals surface area contributed by atoms with E-state index >= 15 is 0 Å². The van der Waals surface area contributed by atoms with Crippen molar-refractivity contribution >= 4 is 61.2 Å². The third-order valence-corrected chi connectivity index (χ3v) is 10.7. The van der Waals surface area contributed by atoms with Crippen molar-refractivity contribution in [3.8, 4) is 0 Å². The fraction of sp³-hybridized carbons (Fsp3) is 0.524. The average molecular weight is 517 g/mol. The van der Waals surface area contributed by atoms with Gasteiger partial charge in [0.25, 0.3) is 10.0 Å². The Bertz CT molecular complexity index is 1120. The van der Waals surface area contributed by atoms with Gasteiger partial charge in [-0.05, 0) is 56.2 Å². The zero-order valence-electron chi connectivity index (χ0n) is 17.7. The van der Waals surface area contributed by atoms with E-state index < -0.39 is 21.9 Å². The largest absolute Gasteiger partial charge is 0.465 e. The minimum atomic E-state index is -3.70. The zero-order valence-corrected chi connectivity index (χ0v) is 20.9. The van der Waals surface area contributed by atoms with Crippen molar-refractivity contribution in [2.24, 2.45) is 5.92 Å². The van der Waals surface area contributed by atoms with E-state index in [9.17, 15) is 18.0 Å². The maximum atomic E-state index is 13.1. The molecule has 1 fully saturated rings. The predicted octanol–water partition coefficient (Wildman–Crippen LogP) is 4.56. The quantitative estimate of drug-likeness (QED) is 0.464. The SMILES string of the molecule is COC(=O)c1c(NC(=O)C2CCCN(S(=O)(=O)c3ccc(Cl)s3)C2)sc2c1CCCCC2. The van der Waals surface area contributed by atoms with Crippen LogP contribution in [0.25, 0.3) is 0 Å². The normalized spacial score (nSPS) is 19.8. The van der Waals surface area contributed by atoms with Crippen molar-refractivity contribution in [2.75, 3.05) is 25.5 Å². The number of nitrogens with one attached hydrogen (secondary N) is 1. The summed E-state index contributed by atoms with van der Waals surface area (Å²) in [7, 11) is -2.35. The highest BCUT2D eigenvalue weighted by Gasteiger charge is 2.35. The Morgan fingerprint density at radius 2 is 1.94 bits per heavy atom. The van der Waals surface area contributed by atoms with Crippen molar-refractivity contribution < 1.29 is 22.7 Å². The summed E-state index contributed by atoms with van der Waals surface area (Å²) < 4.78 is 32.9. The molecule has 0 spiro atoms. The van der Waals surface area contributed by atoms with Gasteiger partial charge in [-0.2, -0.15) is 4.31 Å². The highest BCUT2D eigenvalue weighted by atomic mass is 35.5. The molecular formula is C21H25ClN2O5S3. The number of thiophene rings is 2. The van der Waals surface area contributed by atoms with E-state index in [4.69, 9.17) is 16.3 Å². The Hall–Kier alpha value is -1.46. The van der Waals surface area contributed by atoms with E-state index in [1.807, 2.05) is 0 Å². The van der Waals surface area contributed by atoms with E-state index in [0.29, 0.717) is 34.3 Å². The molecule has 1 amide bonds. The first-order valence-corrected chi connectivity index (χ1v) is 14.1. The van der Waals surface area contributed by atoms with Crippen LogP contribution in [-0.4, -0.2) is 44.8 Å². The number of rotatable bonds is 5. The number of hydrogen-bond donors (Lipinski definition) is 1. The second-order valence-corrected chi connectivity index (χ2v) is 13.0. The van der Waals surface area contributed by atoms with Crippen LogP contribution in [0, 0.1) is 5.92 Å². The first-order valence-electron chi connectivity index (χ1n) is 10.6. The van der Waals surface area contributed by atoms with Gasteiger partial charge in [-0.15, -0.1) is 22.7 Å². The van der Waals surface area contributed by atoms with Gasteiger partial charge in [0.05, 0.1) is 22.9 Å². The van der Waals surface area contributed by atoms with Gasteiger partial charge < -0.3 is 10.1 Å². The van der Waals surface area contributed by atoms with Gasteiger partial charge in [0.1, 0.15) is 9.21 Å². The molecule has 174 valence electrons. The molecule has 1 aliphatic carbocycles. The van der Waals surface area contributed by atoms with E-state index in [-0.39, 0.29) is 16.7 Å². The van der Waals surface area contributed by atoms with Crippen LogP contribution >= 0.6 is 34.3 Å². The fourth-order valence-electron chi connectivity index (χ4n) is 4.30. The number of methoxy groups -OCH3 is 1. The number of sulfonamides is 1. The summed E-state index contributed by atoms with van der Waals surface area (Å²) in [6.07, 6.45) is 6.03. The smallest absolute Gasteiger partial charge is 0.341 e. The van der Waals surface area contributed by atoms with Crippen LogP contribution in [0.15, 0.2) is 16.3 Å². The molecule has 2 aliphatic rings. The van der Waals surface area contributed by atoms with Crippen LogP contribution in [0.3, 0.4) is 0 Å². The van der Waals surface area contributed by atoms with Crippen molar-refractivity contribution in [1.29, 1.82) is 0 Å². The number of carbonyl (C=O) groups excluding carboxylic acids is 2. The Balaban J connectivity index is 1.53. The molecule has 0 saturated carbocycles. The maximum absolute atomic E-state index is 13.1. The van der Waals surface area contributed by atoms with Gasteiger partial charge >= 0.3 is 5.97 Å². The molecule has 1 saturated heterocycles. The number of fused-ring (bicyclic) bond motifs is 1. The summed E-state index contributed by atoms with van der Waals surface area (Å²) in [6.45, 7) is 0.463. The summed E-state index contributed by atoms with van der Waals surface area (Å²) in [6, 6.07) is 3.05. The number of aryl methyl sites for hydroxylation is 1. The standard InChI is InChI=1S/C21H25ClN2O5S3/c1-29-21(26)18-14-7-3-2-4-8-15(14)30-20(18)23-19(25)13-6-5-11-24(12-13)32(27,28)17-10-9-16(22)31-17/h9-10,13H,2-8,11-12H2,1H3,(H,23,25). The molecule has 0 aromatic carbocycles. The van der Waals surface area contributed by atoms with Crippen molar-refractivity contribution in [1.82, 2.24) is 4.31 Å². The summed E-state index contributed by atoms with van der Waals surface area (Å²) in [5.74, 6) is -1.21. The molecule has 2 aromatic rings. The predicted molar refractivity (Wildman–Crippen MR) is 126 cm³/mol. The molecule has 32 heavy (non-hydrogen) atoms. The third kappa shape index (κ3) is 4.75. The lowest BCUT2D eigenvalue weighted by Crippen LogP contribution is -2.43. The van der Waals surface area contributed by atoms with E-state index in [0.717, 1.165) is 53.9 Å². The van der Waals surface area contributed by atoms with Crippen LogP contribution in [0.2, 0.25) is 4.34 Å². The number of carbonyl (C=O) groups is 2. The molecule has 1 unspecified atom stereocenters. The Labute approximate surface area is 200 Å². The van der Waals surface area contributed by atoms with Gasteiger partial charge in [0, 0.05) is 18.0 Å². The number of halogens is 1. The first-order chi connectivity index (χ1) is 15.3. The lowest BCUT2D eigenvalue weighted by atomic mass is 9.98. The van der Waals surface area contributed by atoms with Gasteiger partial charge in [-0.3, -0.25) is 4.79 Å². The molecule has 11 heteroatoms. The van der Waals surface area contributed by atoms with E-state index in [1.165, 1.54) is 28.8 Å². The van der Waals surface area contributed by atoms with Gasteiger partial charge in [0.15, 0.2) is 0 Å². The summed E-state index contributed by atoms with van der Waals surface area (Å²) in [4.78, 5) is 26.8. The van der Waals surface area contributed by atoms with Crippen molar-refractivity contribution in [3.05, 3.63) is 32.5 Å². The van der Waals surface area contributed by atoms with Crippen LogP contribution in [0.5, 0.6) is 0 Å². The molecule has 1 atom stereocenters. The third-order valence-electron chi connectivity index (χ3n) is 5.95. The molecule has 4 rings (SSSR count). The minimum absolute atomic E-state index is 0.0995. The first kappa shape index (κ1) is 23.7. The van der Waals surface area contributed by atoms with Crippen LogP contribution < -0.4 is 5.32 Å². The number of esters is 1. The average Bonchev–Trinajstić information content (AvgIpc) is 3.29. The number of amides is 1. The monoisotopic (exact) mass is 516 g/mol. The number of nitrogens with zero attached hydrogens (tertiary/aromatic N) is 1. The van der Waals surface area contributed by atoms with Crippen LogP contribution in [0.4, 0.5) is 5.00 Å². The molecule has 2 aromatic heterocycles. The number of anilines is 1. The molecule has 0 radical (unpaired) electrons. The fourth-order valence-corrected chi connectivity index (χ4v) is 8.74. The summed E-state index contributed by atoms with van der Waals surface area (Å²) in [5.41, 5.74) is 1.44. The number of hydrogen-bond acceptors (Lipinski definition) is 7.